The van der Waals surface area contributed by atoms with Gasteiger partial charge in [0.15, 0.2) is 11.5 Å². The van der Waals surface area contributed by atoms with Gasteiger partial charge < -0.3 is 19.6 Å². The Morgan fingerprint density at radius 3 is 2.33 bits per heavy atom. The first kappa shape index (κ1) is 12.2. The molecule has 0 radical (unpaired) electrons. The molecule has 0 atom stereocenters. The Balaban J connectivity index is 2.58. The van der Waals surface area contributed by atoms with Crippen molar-refractivity contribution in [1.82, 2.24) is 10.2 Å². The average Bonchev–Trinajstić information content (AvgIpc) is 2.83. The van der Waals surface area contributed by atoms with Crippen LogP contribution >= 0.6 is 0 Å². The van der Waals surface area contributed by atoms with Crippen LogP contribution in [-0.2, 0) is 6.42 Å². The lowest BCUT2D eigenvalue weighted by Crippen LogP contribution is -1.95. The van der Waals surface area contributed by atoms with Crippen LogP contribution in [0, 0.1) is 0 Å². The molecule has 1 heterocycles. The first-order valence-electron chi connectivity index (χ1n) is 5.53. The lowest BCUT2D eigenvalue weighted by Gasteiger charge is -2.11. The molecule has 0 unspecified atom stereocenters. The molecule has 1 aromatic heterocycles. The highest BCUT2D eigenvalue weighted by Crippen LogP contribution is 2.35. The van der Waals surface area contributed by atoms with E-state index >= 15 is 0 Å². The maximum Gasteiger partial charge on any atom is 0.313 e. The predicted octanol–water partition coefficient (Wildman–Crippen LogP) is 1.90. The molecule has 2 aromatic rings. The van der Waals surface area contributed by atoms with Gasteiger partial charge in [0, 0.05) is 5.56 Å². The standard InChI is InChI=1S/C12H15N3O3/c1-4-7-5-9(16-2)10(17-3)6-8(7)11-14-15-12(13)18-11/h5-6H,4H2,1-3H3,(H2,13,15). The number of benzene rings is 1. The monoisotopic (exact) mass is 249 g/mol. The molecule has 0 spiro atoms. The summed E-state index contributed by atoms with van der Waals surface area (Å²) in [4.78, 5) is 0. The van der Waals surface area contributed by atoms with Gasteiger partial charge in [0.2, 0.25) is 5.89 Å². The van der Waals surface area contributed by atoms with Gasteiger partial charge in [-0.15, -0.1) is 5.10 Å². The highest BCUT2D eigenvalue weighted by molar-refractivity contribution is 5.65. The normalized spacial score (nSPS) is 10.4. The summed E-state index contributed by atoms with van der Waals surface area (Å²) in [7, 11) is 3.18. The Morgan fingerprint density at radius 1 is 1.17 bits per heavy atom. The fraction of sp³-hybridized carbons (Fsp3) is 0.333. The molecule has 18 heavy (non-hydrogen) atoms. The minimum Gasteiger partial charge on any atom is -0.493 e. The Labute approximate surface area is 105 Å². The summed E-state index contributed by atoms with van der Waals surface area (Å²) in [6, 6.07) is 3.75. The van der Waals surface area contributed by atoms with Gasteiger partial charge in [0.1, 0.15) is 0 Å². The highest BCUT2D eigenvalue weighted by Gasteiger charge is 2.15. The van der Waals surface area contributed by atoms with Gasteiger partial charge in [-0.3, -0.25) is 0 Å². The molecule has 2 N–H and O–H groups in total. The highest BCUT2D eigenvalue weighted by atomic mass is 16.5. The summed E-state index contributed by atoms with van der Waals surface area (Å²) in [5.74, 6) is 1.66. The van der Waals surface area contributed by atoms with Crippen molar-refractivity contribution in [3.8, 4) is 23.0 Å². The van der Waals surface area contributed by atoms with Crippen molar-refractivity contribution in [2.45, 2.75) is 13.3 Å². The molecule has 0 amide bonds. The SMILES string of the molecule is CCc1cc(OC)c(OC)cc1-c1nnc(N)o1. The van der Waals surface area contributed by atoms with E-state index in [9.17, 15) is 0 Å². The topological polar surface area (TPSA) is 83.4 Å². The van der Waals surface area contributed by atoms with E-state index in [1.165, 1.54) is 0 Å². The number of rotatable bonds is 4. The van der Waals surface area contributed by atoms with Gasteiger partial charge in [-0.05, 0) is 24.1 Å². The Bertz CT molecular complexity index is 551. The average molecular weight is 249 g/mol. The zero-order valence-corrected chi connectivity index (χ0v) is 10.6. The largest absolute Gasteiger partial charge is 0.493 e. The van der Waals surface area contributed by atoms with Crippen molar-refractivity contribution in [3.05, 3.63) is 17.7 Å². The lowest BCUT2D eigenvalue weighted by atomic mass is 10.0. The summed E-state index contributed by atoms with van der Waals surface area (Å²) >= 11 is 0. The summed E-state index contributed by atoms with van der Waals surface area (Å²) in [6.45, 7) is 2.03. The minimum atomic E-state index is 0.0434. The van der Waals surface area contributed by atoms with Crippen molar-refractivity contribution in [2.75, 3.05) is 20.0 Å². The maximum atomic E-state index is 5.44. The fourth-order valence-electron chi connectivity index (χ4n) is 1.76. The number of ether oxygens (including phenoxy) is 2. The van der Waals surface area contributed by atoms with Crippen molar-refractivity contribution in [3.63, 3.8) is 0 Å². The van der Waals surface area contributed by atoms with Crippen LogP contribution < -0.4 is 15.2 Å². The van der Waals surface area contributed by atoms with E-state index < -0.39 is 0 Å². The molecule has 96 valence electrons. The number of nitrogen functional groups attached to an aromatic ring is 1. The van der Waals surface area contributed by atoms with Crippen molar-refractivity contribution >= 4 is 6.01 Å². The van der Waals surface area contributed by atoms with E-state index in [4.69, 9.17) is 19.6 Å². The zero-order valence-electron chi connectivity index (χ0n) is 10.6. The van der Waals surface area contributed by atoms with Crippen LogP contribution in [-0.4, -0.2) is 24.4 Å². The smallest absolute Gasteiger partial charge is 0.313 e. The fourth-order valence-corrected chi connectivity index (χ4v) is 1.76. The van der Waals surface area contributed by atoms with E-state index in [1.807, 2.05) is 19.1 Å². The third-order valence-electron chi connectivity index (χ3n) is 2.66. The van der Waals surface area contributed by atoms with Crippen molar-refractivity contribution in [2.24, 2.45) is 0 Å². The zero-order chi connectivity index (χ0) is 13.1. The third kappa shape index (κ3) is 2.09. The molecule has 0 aliphatic rings. The van der Waals surface area contributed by atoms with Crippen LogP contribution in [0.15, 0.2) is 16.5 Å². The van der Waals surface area contributed by atoms with Crippen LogP contribution in [0.2, 0.25) is 0 Å². The van der Waals surface area contributed by atoms with E-state index in [0.717, 1.165) is 17.5 Å². The van der Waals surface area contributed by atoms with Crippen LogP contribution in [0.25, 0.3) is 11.5 Å². The Kier molecular flexibility index (Phi) is 3.36. The van der Waals surface area contributed by atoms with E-state index in [2.05, 4.69) is 10.2 Å². The third-order valence-corrected chi connectivity index (χ3v) is 2.66. The van der Waals surface area contributed by atoms with Gasteiger partial charge in [-0.25, -0.2) is 0 Å². The van der Waals surface area contributed by atoms with Crippen molar-refractivity contribution in [1.29, 1.82) is 0 Å². The summed E-state index contributed by atoms with van der Waals surface area (Å²) in [5, 5.41) is 7.54. The molecule has 2 rings (SSSR count). The Hall–Kier alpha value is -2.24. The van der Waals surface area contributed by atoms with Crippen LogP contribution in [0.3, 0.4) is 0 Å². The first-order valence-corrected chi connectivity index (χ1v) is 5.53. The van der Waals surface area contributed by atoms with Crippen molar-refractivity contribution < 1.29 is 13.9 Å². The van der Waals surface area contributed by atoms with Gasteiger partial charge >= 0.3 is 6.01 Å². The molecule has 0 bridgehead atoms. The lowest BCUT2D eigenvalue weighted by molar-refractivity contribution is 0.354. The van der Waals surface area contributed by atoms with E-state index in [-0.39, 0.29) is 6.01 Å². The number of nitrogens with two attached hydrogens (primary N) is 1. The second kappa shape index (κ2) is 4.95. The first-order chi connectivity index (χ1) is 8.69. The quantitative estimate of drug-likeness (QED) is 0.890. The molecule has 6 heteroatoms. The number of aromatic nitrogens is 2. The molecule has 0 aliphatic heterocycles. The second-order valence-electron chi connectivity index (χ2n) is 3.66. The van der Waals surface area contributed by atoms with Gasteiger partial charge in [-0.2, -0.15) is 0 Å². The van der Waals surface area contributed by atoms with Gasteiger partial charge in [0.25, 0.3) is 0 Å². The number of hydrogen-bond acceptors (Lipinski definition) is 6. The van der Waals surface area contributed by atoms with Crippen LogP contribution in [0.1, 0.15) is 12.5 Å². The molecule has 6 nitrogen and oxygen atoms in total. The molecule has 0 fully saturated rings. The predicted molar refractivity (Wildman–Crippen MR) is 66.6 cm³/mol. The van der Waals surface area contributed by atoms with E-state index in [0.29, 0.717) is 17.4 Å². The van der Waals surface area contributed by atoms with Crippen LogP contribution in [0.5, 0.6) is 11.5 Å². The molecule has 0 aliphatic carbocycles. The van der Waals surface area contributed by atoms with E-state index in [1.54, 1.807) is 14.2 Å². The number of hydrogen-bond donors (Lipinski definition) is 1. The Morgan fingerprint density at radius 2 is 1.83 bits per heavy atom. The number of methoxy groups -OCH3 is 2. The summed E-state index contributed by atoms with van der Waals surface area (Å²) in [6.07, 6.45) is 0.804. The van der Waals surface area contributed by atoms with Gasteiger partial charge in [0.05, 0.1) is 14.2 Å². The summed E-state index contributed by atoms with van der Waals surface area (Å²) in [5.41, 5.74) is 7.27. The number of anilines is 1. The molecule has 0 saturated carbocycles. The molecular formula is C12H15N3O3. The minimum absolute atomic E-state index is 0.0434. The summed E-state index contributed by atoms with van der Waals surface area (Å²) < 4.78 is 15.8. The molecular weight excluding hydrogens is 234 g/mol. The second-order valence-corrected chi connectivity index (χ2v) is 3.66. The number of aryl methyl sites for hydroxylation is 1. The molecule has 1 aromatic carbocycles. The van der Waals surface area contributed by atoms with Crippen LogP contribution in [0.4, 0.5) is 6.01 Å². The number of nitrogens with zero attached hydrogens (tertiary/aromatic N) is 2. The van der Waals surface area contributed by atoms with Gasteiger partial charge in [-0.1, -0.05) is 12.0 Å². The maximum absolute atomic E-state index is 5.44. The molecule has 0 saturated heterocycles.